The number of hydrogen-bond acceptors (Lipinski definition) is 6. The highest BCUT2D eigenvalue weighted by molar-refractivity contribution is 5.76. The summed E-state index contributed by atoms with van der Waals surface area (Å²) >= 11 is 0. The fraction of sp³-hybridized carbons (Fsp3) is 0.796. The minimum atomic E-state index is -1.22. The molecule has 0 saturated heterocycles. The minimum Gasteiger partial charge on any atom is -0.394 e. The van der Waals surface area contributed by atoms with Gasteiger partial charge < -0.3 is 30.8 Å². The Morgan fingerprint density at radius 2 is 0.902 bits per heavy atom. The van der Waals surface area contributed by atoms with Crippen LogP contribution in [0.15, 0.2) is 61.3 Å². The van der Waals surface area contributed by atoms with Gasteiger partial charge in [-0.1, -0.05) is 164 Å². The molecule has 5 atom stereocenters. The lowest BCUT2D eigenvalue weighted by Gasteiger charge is -2.26. The SMILES string of the molecule is C=CCCCCCCC/C=C/CC/C=C/CCCC/C=C/CCCCC(O)C/C=C/CCC(O)CCCC(=O)NC(CO)C(O)C(O)CCCCCCCCCCCCCC. The van der Waals surface area contributed by atoms with E-state index in [4.69, 9.17) is 0 Å². The van der Waals surface area contributed by atoms with Crippen molar-refractivity contribution in [3.63, 3.8) is 0 Å². The second kappa shape index (κ2) is 47.4. The molecular weight excluding hydrogens is 759 g/mol. The molecule has 61 heavy (non-hydrogen) atoms. The Morgan fingerprint density at radius 3 is 1.44 bits per heavy atom. The molecule has 0 fully saturated rings. The summed E-state index contributed by atoms with van der Waals surface area (Å²) in [7, 11) is 0. The summed E-state index contributed by atoms with van der Waals surface area (Å²) in [4.78, 5) is 12.5. The Balaban J connectivity index is 3.76. The molecule has 0 aromatic heterocycles. The number of aliphatic hydroxyl groups excluding tert-OH is 5. The van der Waals surface area contributed by atoms with Crippen LogP contribution in [0.4, 0.5) is 0 Å². The predicted octanol–water partition coefficient (Wildman–Crippen LogP) is 13.4. The lowest BCUT2D eigenvalue weighted by molar-refractivity contribution is -0.124. The molecule has 1 amide bonds. The monoisotopic (exact) mass is 858 g/mol. The number of nitrogens with one attached hydrogen (secondary N) is 1. The van der Waals surface area contributed by atoms with Gasteiger partial charge in [0, 0.05) is 6.42 Å². The van der Waals surface area contributed by atoms with Crippen LogP contribution in [0.1, 0.15) is 238 Å². The molecule has 356 valence electrons. The minimum absolute atomic E-state index is 0.182. The van der Waals surface area contributed by atoms with Gasteiger partial charge in [-0.15, -0.1) is 6.58 Å². The van der Waals surface area contributed by atoms with Gasteiger partial charge in [-0.05, 0) is 122 Å². The molecule has 0 aliphatic rings. The van der Waals surface area contributed by atoms with Gasteiger partial charge >= 0.3 is 0 Å². The fourth-order valence-electron chi connectivity index (χ4n) is 7.72. The number of rotatable bonds is 47. The van der Waals surface area contributed by atoms with Crippen LogP contribution in [0.25, 0.3) is 0 Å². The fourth-order valence-corrected chi connectivity index (χ4v) is 7.72. The molecule has 0 heterocycles. The Bertz CT molecular complexity index is 1060. The maximum Gasteiger partial charge on any atom is 0.220 e. The van der Waals surface area contributed by atoms with E-state index < -0.39 is 31.0 Å². The predicted molar refractivity (Wildman–Crippen MR) is 262 cm³/mol. The maximum absolute atomic E-state index is 12.5. The molecule has 0 radical (unpaired) electrons. The van der Waals surface area contributed by atoms with Crippen LogP contribution >= 0.6 is 0 Å². The number of allylic oxidation sites excluding steroid dienone is 8. The van der Waals surface area contributed by atoms with Crippen molar-refractivity contribution in [1.82, 2.24) is 5.32 Å². The van der Waals surface area contributed by atoms with Crippen LogP contribution in [0.3, 0.4) is 0 Å². The molecule has 5 unspecified atom stereocenters. The maximum atomic E-state index is 12.5. The normalized spacial score (nSPS) is 14.7. The lowest BCUT2D eigenvalue weighted by Crippen LogP contribution is -2.50. The second-order valence-electron chi connectivity index (χ2n) is 17.8. The zero-order chi connectivity index (χ0) is 44.7. The average Bonchev–Trinajstić information content (AvgIpc) is 3.25. The van der Waals surface area contributed by atoms with Crippen LogP contribution < -0.4 is 5.32 Å². The van der Waals surface area contributed by atoms with Crippen LogP contribution in [0.2, 0.25) is 0 Å². The summed E-state index contributed by atoms with van der Waals surface area (Å²) in [6.45, 7) is 5.58. The van der Waals surface area contributed by atoms with Crippen molar-refractivity contribution in [1.29, 1.82) is 0 Å². The molecule has 0 aromatic carbocycles. The lowest BCUT2D eigenvalue weighted by atomic mass is 9.99. The van der Waals surface area contributed by atoms with Crippen LogP contribution in [-0.2, 0) is 4.79 Å². The average molecular weight is 858 g/mol. The van der Waals surface area contributed by atoms with Gasteiger partial charge in [0.2, 0.25) is 5.91 Å². The van der Waals surface area contributed by atoms with Crippen molar-refractivity contribution < 1.29 is 30.3 Å². The summed E-state index contributed by atoms with van der Waals surface area (Å²) in [6.07, 6.45) is 55.3. The van der Waals surface area contributed by atoms with E-state index in [0.717, 1.165) is 70.6 Å². The smallest absolute Gasteiger partial charge is 0.220 e. The van der Waals surface area contributed by atoms with Crippen molar-refractivity contribution in [2.24, 2.45) is 0 Å². The highest BCUT2D eigenvalue weighted by Crippen LogP contribution is 2.16. The molecule has 0 spiro atoms. The van der Waals surface area contributed by atoms with E-state index >= 15 is 0 Å². The first-order valence-corrected chi connectivity index (χ1v) is 25.7. The van der Waals surface area contributed by atoms with Gasteiger partial charge in [-0.25, -0.2) is 0 Å². The third-order valence-electron chi connectivity index (χ3n) is 11.8. The quantitative estimate of drug-likeness (QED) is 0.0267. The first-order valence-electron chi connectivity index (χ1n) is 25.7. The third kappa shape index (κ3) is 43.0. The first-order chi connectivity index (χ1) is 29.8. The summed E-state index contributed by atoms with van der Waals surface area (Å²) in [5.41, 5.74) is 0. The van der Waals surface area contributed by atoms with Crippen molar-refractivity contribution >= 4 is 5.91 Å². The van der Waals surface area contributed by atoms with E-state index in [0.29, 0.717) is 38.5 Å². The van der Waals surface area contributed by atoms with Crippen LogP contribution in [0, 0.1) is 0 Å². The van der Waals surface area contributed by atoms with E-state index in [1.54, 1.807) is 0 Å². The largest absolute Gasteiger partial charge is 0.394 e. The summed E-state index contributed by atoms with van der Waals surface area (Å²) < 4.78 is 0. The van der Waals surface area contributed by atoms with Gasteiger partial charge in [0.1, 0.15) is 6.10 Å². The second-order valence-corrected chi connectivity index (χ2v) is 17.8. The molecule has 6 N–H and O–H groups in total. The van der Waals surface area contributed by atoms with Crippen LogP contribution in [0.5, 0.6) is 0 Å². The van der Waals surface area contributed by atoms with Gasteiger partial charge in [0.05, 0.1) is 31.0 Å². The standard InChI is InChI=1S/C54H99NO6/c1-3-5-7-9-11-13-15-17-18-19-20-21-22-23-24-25-26-27-28-30-32-34-37-42-49(57)43-38-36-39-44-50(58)45-41-47-53(60)55-51(48-56)54(61)52(59)46-40-35-33-31-29-16-14-12-10-8-6-4-2/h3,18-19,22-23,28,30,36,38,49-52,54,56-59,61H,1,4-17,20-21,24-27,29,31-35,37,39-48H2,2H3,(H,55,60)/b19-18+,23-22+,30-28+,38-36+. The van der Waals surface area contributed by atoms with Gasteiger partial charge in [0.15, 0.2) is 0 Å². The number of unbranched alkanes of at least 4 members (excludes halogenated alkanes) is 23. The summed E-state index contributed by atoms with van der Waals surface area (Å²) in [5, 5.41) is 54.2. The highest BCUT2D eigenvalue weighted by Gasteiger charge is 2.27. The van der Waals surface area contributed by atoms with Crippen molar-refractivity contribution in [3.05, 3.63) is 61.3 Å². The van der Waals surface area contributed by atoms with Crippen molar-refractivity contribution in [2.45, 2.75) is 269 Å². The number of carbonyl (C=O) groups is 1. The zero-order valence-electron chi connectivity index (χ0n) is 39.6. The van der Waals surface area contributed by atoms with E-state index in [1.165, 1.54) is 116 Å². The topological polar surface area (TPSA) is 130 Å². The Kier molecular flexibility index (Phi) is 45.9. The van der Waals surface area contributed by atoms with E-state index in [2.05, 4.69) is 55.3 Å². The van der Waals surface area contributed by atoms with E-state index in [1.807, 2.05) is 18.2 Å². The molecule has 0 saturated carbocycles. The molecule has 0 aliphatic carbocycles. The Morgan fingerprint density at radius 1 is 0.475 bits per heavy atom. The number of hydrogen-bond donors (Lipinski definition) is 6. The number of aliphatic hydroxyl groups is 5. The van der Waals surface area contributed by atoms with Gasteiger partial charge in [0.25, 0.3) is 0 Å². The summed E-state index contributed by atoms with van der Waals surface area (Å²) in [5.74, 6) is -0.302. The number of carbonyl (C=O) groups excluding carboxylic acids is 1. The molecule has 0 bridgehead atoms. The van der Waals surface area contributed by atoms with Crippen molar-refractivity contribution in [3.8, 4) is 0 Å². The van der Waals surface area contributed by atoms with E-state index in [9.17, 15) is 30.3 Å². The first kappa shape index (κ1) is 59.0. The van der Waals surface area contributed by atoms with Gasteiger partial charge in [-0.2, -0.15) is 0 Å². The molecule has 0 aromatic rings. The van der Waals surface area contributed by atoms with E-state index in [-0.39, 0.29) is 18.4 Å². The van der Waals surface area contributed by atoms with Gasteiger partial charge in [-0.3, -0.25) is 4.79 Å². The molecule has 7 heteroatoms. The molecule has 0 aliphatic heterocycles. The molecular formula is C54H99NO6. The molecule has 0 rings (SSSR count). The Hall–Kier alpha value is -2.03. The Labute approximate surface area is 376 Å². The molecule has 7 nitrogen and oxygen atoms in total. The van der Waals surface area contributed by atoms with Crippen LogP contribution in [-0.4, -0.2) is 68.5 Å². The summed E-state index contributed by atoms with van der Waals surface area (Å²) in [6, 6.07) is -0.911. The third-order valence-corrected chi connectivity index (χ3v) is 11.8. The van der Waals surface area contributed by atoms with Crippen molar-refractivity contribution in [2.75, 3.05) is 6.61 Å². The zero-order valence-corrected chi connectivity index (χ0v) is 39.6. The highest BCUT2D eigenvalue weighted by atomic mass is 16.3. The number of amides is 1.